The first-order chi connectivity index (χ1) is 14.1. The van der Waals surface area contributed by atoms with Crippen LogP contribution in [-0.4, -0.2) is 30.8 Å². The van der Waals surface area contributed by atoms with Gasteiger partial charge in [0.1, 0.15) is 23.0 Å². The van der Waals surface area contributed by atoms with E-state index in [1.54, 1.807) is 34.1 Å². The summed E-state index contributed by atoms with van der Waals surface area (Å²) in [5.74, 6) is 3.24. The van der Waals surface area contributed by atoms with Gasteiger partial charge in [-0.2, -0.15) is 0 Å². The lowest BCUT2D eigenvalue weighted by atomic mass is 9.87. The first-order valence-electron chi connectivity index (χ1n) is 10.2. The number of methoxy groups -OCH3 is 2. The van der Waals surface area contributed by atoms with Crippen molar-refractivity contribution in [1.82, 2.24) is 4.90 Å². The fraction of sp³-hybridized carbons (Fsp3) is 0.440. The van der Waals surface area contributed by atoms with E-state index in [-0.39, 0.29) is 0 Å². The van der Waals surface area contributed by atoms with Crippen molar-refractivity contribution in [2.24, 2.45) is 5.92 Å². The summed E-state index contributed by atoms with van der Waals surface area (Å²) in [7, 11) is 3.30. The van der Waals surface area contributed by atoms with Crippen LogP contribution in [0.1, 0.15) is 44.8 Å². The second kappa shape index (κ2) is 10.0. The third kappa shape index (κ3) is 5.55. The van der Waals surface area contributed by atoms with E-state index in [9.17, 15) is 5.11 Å². The van der Waals surface area contributed by atoms with E-state index in [1.807, 2.05) is 24.3 Å². The van der Waals surface area contributed by atoms with E-state index in [2.05, 4.69) is 31.9 Å². The molecule has 0 unspecified atom stereocenters. The van der Waals surface area contributed by atoms with Crippen molar-refractivity contribution in [3.63, 3.8) is 0 Å². The zero-order valence-corrected chi connectivity index (χ0v) is 19.1. The predicted octanol–water partition coefficient (Wildman–Crippen LogP) is 5.29. The van der Waals surface area contributed by atoms with E-state index in [0.29, 0.717) is 35.9 Å². The molecule has 5 heteroatoms. The Morgan fingerprint density at radius 2 is 1.60 bits per heavy atom. The maximum Gasteiger partial charge on any atom is 0.163 e. The Morgan fingerprint density at radius 3 is 2.07 bits per heavy atom. The van der Waals surface area contributed by atoms with Crippen LogP contribution >= 0.6 is 0 Å². The maximum atomic E-state index is 11.0. The minimum Gasteiger partial charge on any atom is -0.497 e. The van der Waals surface area contributed by atoms with E-state index in [0.717, 1.165) is 29.4 Å². The molecule has 2 aromatic rings. The van der Waals surface area contributed by atoms with Crippen LogP contribution in [0.15, 0.2) is 59.1 Å². The highest BCUT2D eigenvalue weighted by atomic mass is 16.5. The van der Waals surface area contributed by atoms with Crippen LogP contribution in [0.25, 0.3) is 0 Å². The number of hydrogen-bond acceptors (Lipinski definition) is 5. The summed E-state index contributed by atoms with van der Waals surface area (Å²) in [6, 6.07) is 9.62. The third-order valence-corrected chi connectivity index (χ3v) is 5.07. The summed E-state index contributed by atoms with van der Waals surface area (Å²) in [5.41, 5.74) is 0.900. The van der Waals surface area contributed by atoms with Gasteiger partial charge in [-0.25, -0.2) is 0 Å². The number of rotatable bonds is 11. The normalized spacial score (nSPS) is 11.8. The zero-order valence-electron chi connectivity index (χ0n) is 19.1. The summed E-state index contributed by atoms with van der Waals surface area (Å²) in [6.45, 7) is 18.0. The Labute approximate surface area is 180 Å². The minimum absolute atomic E-state index is 0.449. The highest BCUT2D eigenvalue weighted by molar-refractivity contribution is 5.38. The second-order valence-corrected chi connectivity index (χ2v) is 8.32. The molecule has 0 atom stereocenters. The van der Waals surface area contributed by atoms with Crippen LogP contribution in [0.4, 0.5) is 0 Å². The van der Waals surface area contributed by atoms with Gasteiger partial charge >= 0.3 is 0 Å². The van der Waals surface area contributed by atoms with Crippen molar-refractivity contribution < 1.29 is 19.0 Å². The van der Waals surface area contributed by atoms with E-state index in [1.165, 1.54) is 0 Å². The van der Waals surface area contributed by atoms with Crippen molar-refractivity contribution >= 4 is 0 Å². The molecule has 0 saturated heterocycles. The largest absolute Gasteiger partial charge is 0.497 e. The van der Waals surface area contributed by atoms with Gasteiger partial charge in [0.25, 0.3) is 0 Å². The summed E-state index contributed by atoms with van der Waals surface area (Å²) in [6.07, 6.45) is 0. The van der Waals surface area contributed by atoms with Crippen molar-refractivity contribution in [3.05, 3.63) is 71.7 Å². The molecule has 30 heavy (non-hydrogen) atoms. The minimum atomic E-state index is -1.36. The lowest BCUT2D eigenvalue weighted by Gasteiger charge is -2.27. The van der Waals surface area contributed by atoms with Crippen LogP contribution < -0.4 is 9.47 Å². The lowest BCUT2D eigenvalue weighted by Crippen LogP contribution is -2.28. The third-order valence-electron chi connectivity index (χ3n) is 5.07. The molecular formula is C25H35NO4. The molecule has 0 radical (unpaired) electrons. The SMILES string of the molecule is C=C(C)C(O)(C(=C)C)c1ccc(CN(Cc2cc(OC)cc(OC)c2)CC(C)C)o1. The molecule has 0 aliphatic rings. The number of aliphatic hydroxyl groups is 1. The lowest BCUT2D eigenvalue weighted by molar-refractivity contribution is 0.0874. The number of furan rings is 1. The molecule has 1 aromatic heterocycles. The molecule has 0 aliphatic heterocycles. The van der Waals surface area contributed by atoms with E-state index >= 15 is 0 Å². The Kier molecular flexibility index (Phi) is 7.93. The quantitative estimate of drug-likeness (QED) is 0.507. The molecule has 0 amide bonds. The topological polar surface area (TPSA) is 55.1 Å². The molecule has 1 heterocycles. The molecule has 0 aliphatic carbocycles. The van der Waals surface area contributed by atoms with Gasteiger partial charge < -0.3 is 19.0 Å². The molecular weight excluding hydrogens is 378 g/mol. The summed E-state index contributed by atoms with van der Waals surface area (Å²) in [5, 5.41) is 11.0. The summed E-state index contributed by atoms with van der Waals surface area (Å²) < 4.78 is 16.9. The van der Waals surface area contributed by atoms with Gasteiger partial charge in [-0.3, -0.25) is 4.90 Å². The van der Waals surface area contributed by atoms with Gasteiger partial charge in [0.2, 0.25) is 0 Å². The van der Waals surface area contributed by atoms with E-state index in [4.69, 9.17) is 13.9 Å². The molecule has 0 saturated carbocycles. The fourth-order valence-electron chi connectivity index (χ4n) is 3.58. The van der Waals surface area contributed by atoms with Crippen molar-refractivity contribution in [2.45, 2.75) is 46.4 Å². The predicted molar refractivity (Wildman–Crippen MR) is 121 cm³/mol. The number of nitrogens with zero attached hydrogens (tertiary/aromatic N) is 1. The average molecular weight is 414 g/mol. The highest BCUT2D eigenvalue weighted by Gasteiger charge is 2.35. The number of hydrogen-bond donors (Lipinski definition) is 1. The van der Waals surface area contributed by atoms with Gasteiger partial charge in [0.15, 0.2) is 5.60 Å². The fourth-order valence-corrected chi connectivity index (χ4v) is 3.58. The van der Waals surface area contributed by atoms with Crippen molar-refractivity contribution in [2.75, 3.05) is 20.8 Å². The summed E-state index contributed by atoms with van der Waals surface area (Å²) >= 11 is 0. The van der Waals surface area contributed by atoms with Gasteiger partial charge in [-0.15, -0.1) is 0 Å². The maximum absolute atomic E-state index is 11.0. The van der Waals surface area contributed by atoms with Crippen LogP contribution in [0.3, 0.4) is 0 Å². The first kappa shape index (κ1) is 23.8. The van der Waals surface area contributed by atoms with Gasteiger partial charge in [-0.05, 0) is 60.7 Å². The standard InChI is InChI=1S/C25H35NO4/c1-17(2)14-26(15-20-11-22(28-7)13-23(12-20)29-8)16-21-9-10-24(30-21)25(27,18(3)4)19(5)6/h9-13,17,27H,3,5,14-16H2,1-2,4,6-8H3. The molecule has 164 valence electrons. The van der Waals surface area contributed by atoms with E-state index < -0.39 is 5.60 Å². The molecule has 1 N–H and O–H groups in total. The van der Waals surface area contributed by atoms with Gasteiger partial charge in [0.05, 0.1) is 20.8 Å². The number of benzene rings is 1. The van der Waals surface area contributed by atoms with Gasteiger partial charge in [0, 0.05) is 19.2 Å². The Morgan fingerprint density at radius 1 is 1.03 bits per heavy atom. The Bertz CT molecular complexity index is 845. The smallest absolute Gasteiger partial charge is 0.163 e. The molecule has 0 fully saturated rings. The molecule has 5 nitrogen and oxygen atoms in total. The monoisotopic (exact) mass is 413 g/mol. The molecule has 0 spiro atoms. The van der Waals surface area contributed by atoms with Crippen molar-refractivity contribution in [1.29, 1.82) is 0 Å². The van der Waals surface area contributed by atoms with Crippen molar-refractivity contribution in [3.8, 4) is 11.5 Å². The Balaban J connectivity index is 2.27. The highest BCUT2D eigenvalue weighted by Crippen LogP contribution is 2.36. The second-order valence-electron chi connectivity index (χ2n) is 8.32. The first-order valence-corrected chi connectivity index (χ1v) is 10.2. The van der Waals surface area contributed by atoms with Gasteiger partial charge in [-0.1, -0.05) is 27.0 Å². The average Bonchev–Trinajstić information content (AvgIpc) is 3.14. The molecule has 1 aromatic carbocycles. The van der Waals surface area contributed by atoms with Crippen LogP contribution in [0.5, 0.6) is 11.5 Å². The number of ether oxygens (including phenoxy) is 2. The van der Waals surface area contributed by atoms with Crippen LogP contribution in [0.2, 0.25) is 0 Å². The summed E-state index contributed by atoms with van der Waals surface area (Å²) in [4.78, 5) is 2.31. The zero-order chi connectivity index (χ0) is 22.5. The molecule has 2 rings (SSSR count). The van der Waals surface area contributed by atoms with Crippen LogP contribution in [-0.2, 0) is 18.7 Å². The Hall–Kier alpha value is -2.50. The van der Waals surface area contributed by atoms with Crippen LogP contribution in [0, 0.1) is 5.92 Å². The molecule has 0 bridgehead atoms.